The molecule has 0 atom stereocenters. The van der Waals surface area contributed by atoms with Crippen molar-refractivity contribution < 1.29 is 0 Å². The standard InChI is InChI=1S/C12H24N2/c1-3-13-11-8-14(9-11)12-6-4-10(2)5-7-12/h10-13H,3-9H2,1-2H3. The molecule has 1 aliphatic carbocycles. The molecular weight excluding hydrogens is 172 g/mol. The molecule has 1 saturated heterocycles. The zero-order valence-corrected chi connectivity index (χ0v) is 9.63. The van der Waals surface area contributed by atoms with E-state index in [1.807, 2.05) is 0 Å². The molecule has 0 aromatic carbocycles. The van der Waals surface area contributed by atoms with Crippen LogP contribution in [0.5, 0.6) is 0 Å². The Kier molecular flexibility index (Phi) is 3.45. The third-order valence-corrected chi connectivity index (χ3v) is 3.90. The number of nitrogens with one attached hydrogen (secondary N) is 1. The van der Waals surface area contributed by atoms with Gasteiger partial charge in [0.15, 0.2) is 0 Å². The molecule has 1 heterocycles. The van der Waals surface area contributed by atoms with Gasteiger partial charge in [-0.15, -0.1) is 0 Å². The van der Waals surface area contributed by atoms with Crippen molar-refractivity contribution in [1.29, 1.82) is 0 Å². The number of hydrogen-bond donors (Lipinski definition) is 1. The lowest BCUT2D eigenvalue weighted by atomic mass is 9.85. The summed E-state index contributed by atoms with van der Waals surface area (Å²) in [5.41, 5.74) is 0. The smallest absolute Gasteiger partial charge is 0.0322 e. The number of likely N-dealkylation sites (N-methyl/N-ethyl adjacent to an activating group) is 1. The van der Waals surface area contributed by atoms with Gasteiger partial charge in [-0.25, -0.2) is 0 Å². The molecule has 0 unspecified atom stereocenters. The van der Waals surface area contributed by atoms with Gasteiger partial charge in [-0.3, -0.25) is 4.90 Å². The Balaban J connectivity index is 1.67. The number of rotatable bonds is 3. The Bertz CT molecular complexity index is 167. The summed E-state index contributed by atoms with van der Waals surface area (Å²) in [7, 11) is 0. The average Bonchev–Trinajstić information content (AvgIpc) is 2.13. The molecule has 2 rings (SSSR count). The van der Waals surface area contributed by atoms with Crippen LogP contribution in [0.2, 0.25) is 0 Å². The second-order valence-electron chi connectivity index (χ2n) is 5.12. The normalized spacial score (nSPS) is 35.6. The molecule has 0 aromatic heterocycles. The first kappa shape index (κ1) is 10.4. The van der Waals surface area contributed by atoms with Gasteiger partial charge in [-0.2, -0.15) is 0 Å². The second kappa shape index (κ2) is 4.63. The molecule has 2 heteroatoms. The van der Waals surface area contributed by atoms with Crippen molar-refractivity contribution in [3.63, 3.8) is 0 Å². The van der Waals surface area contributed by atoms with Crippen molar-refractivity contribution in [3.05, 3.63) is 0 Å². The van der Waals surface area contributed by atoms with Gasteiger partial charge >= 0.3 is 0 Å². The fraction of sp³-hybridized carbons (Fsp3) is 1.00. The van der Waals surface area contributed by atoms with E-state index in [0.717, 1.165) is 24.5 Å². The summed E-state index contributed by atoms with van der Waals surface area (Å²) < 4.78 is 0. The fourth-order valence-corrected chi connectivity index (χ4v) is 2.84. The Morgan fingerprint density at radius 2 is 1.79 bits per heavy atom. The van der Waals surface area contributed by atoms with Gasteiger partial charge in [0.2, 0.25) is 0 Å². The van der Waals surface area contributed by atoms with E-state index in [4.69, 9.17) is 0 Å². The largest absolute Gasteiger partial charge is 0.312 e. The van der Waals surface area contributed by atoms with Gasteiger partial charge < -0.3 is 5.32 Å². The average molecular weight is 196 g/mol. The first-order valence-corrected chi connectivity index (χ1v) is 6.27. The van der Waals surface area contributed by atoms with E-state index >= 15 is 0 Å². The zero-order valence-electron chi connectivity index (χ0n) is 9.63. The molecule has 0 amide bonds. The molecule has 0 spiro atoms. The SMILES string of the molecule is CCNC1CN(C2CCC(C)CC2)C1. The summed E-state index contributed by atoms with van der Waals surface area (Å²) in [4.78, 5) is 2.68. The minimum Gasteiger partial charge on any atom is -0.312 e. The third kappa shape index (κ3) is 2.29. The van der Waals surface area contributed by atoms with Crippen LogP contribution in [-0.2, 0) is 0 Å². The van der Waals surface area contributed by atoms with Crippen LogP contribution in [0.4, 0.5) is 0 Å². The molecule has 14 heavy (non-hydrogen) atoms. The lowest BCUT2D eigenvalue weighted by Crippen LogP contribution is -2.61. The van der Waals surface area contributed by atoms with Gasteiger partial charge in [0.05, 0.1) is 0 Å². The van der Waals surface area contributed by atoms with Crippen molar-refractivity contribution in [1.82, 2.24) is 10.2 Å². The lowest BCUT2D eigenvalue weighted by Gasteiger charge is -2.46. The van der Waals surface area contributed by atoms with Gasteiger partial charge in [0.1, 0.15) is 0 Å². The van der Waals surface area contributed by atoms with Crippen LogP contribution < -0.4 is 5.32 Å². The summed E-state index contributed by atoms with van der Waals surface area (Å²) >= 11 is 0. The maximum Gasteiger partial charge on any atom is 0.0322 e. The topological polar surface area (TPSA) is 15.3 Å². The predicted molar refractivity (Wildman–Crippen MR) is 60.5 cm³/mol. The molecule has 0 aromatic rings. The van der Waals surface area contributed by atoms with Crippen molar-refractivity contribution in [2.45, 2.75) is 51.6 Å². The van der Waals surface area contributed by atoms with E-state index in [1.165, 1.54) is 38.8 Å². The Hall–Kier alpha value is -0.0800. The molecule has 1 saturated carbocycles. The molecular formula is C12H24N2. The fourth-order valence-electron chi connectivity index (χ4n) is 2.84. The van der Waals surface area contributed by atoms with Gasteiger partial charge in [-0.1, -0.05) is 13.8 Å². The van der Waals surface area contributed by atoms with Crippen LogP contribution in [0.1, 0.15) is 39.5 Å². The summed E-state index contributed by atoms with van der Waals surface area (Å²) in [5, 5.41) is 3.52. The predicted octanol–water partition coefficient (Wildman–Crippen LogP) is 1.86. The van der Waals surface area contributed by atoms with Crippen LogP contribution in [0.3, 0.4) is 0 Å². The molecule has 2 aliphatic rings. The highest BCUT2D eigenvalue weighted by atomic mass is 15.3. The highest BCUT2D eigenvalue weighted by molar-refractivity contribution is 4.91. The number of hydrogen-bond acceptors (Lipinski definition) is 2. The summed E-state index contributed by atoms with van der Waals surface area (Å²) in [5.74, 6) is 0.983. The number of likely N-dealkylation sites (tertiary alicyclic amines) is 1. The second-order valence-corrected chi connectivity index (χ2v) is 5.12. The molecule has 0 radical (unpaired) electrons. The Morgan fingerprint density at radius 1 is 1.14 bits per heavy atom. The summed E-state index contributed by atoms with van der Waals surface area (Å²) in [6, 6.07) is 1.71. The van der Waals surface area contributed by atoms with E-state index in [1.54, 1.807) is 0 Å². The lowest BCUT2D eigenvalue weighted by molar-refractivity contribution is 0.0498. The maximum atomic E-state index is 3.52. The summed E-state index contributed by atoms with van der Waals surface area (Å²) in [6.45, 7) is 8.32. The summed E-state index contributed by atoms with van der Waals surface area (Å²) in [6.07, 6.45) is 5.79. The number of nitrogens with zero attached hydrogens (tertiary/aromatic N) is 1. The van der Waals surface area contributed by atoms with Gasteiger partial charge in [-0.05, 0) is 38.1 Å². The van der Waals surface area contributed by atoms with E-state index in [0.29, 0.717) is 0 Å². The first-order valence-electron chi connectivity index (χ1n) is 6.27. The molecule has 0 bridgehead atoms. The van der Waals surface area contributed by atoms with E-state index in [2.05, 4.69) is 24.1 Å². The minimum atomic E-state index is 0.791. The molecule has 1 N–H and O–H groups in total. The molecule has 2 fully saturated rings. The van der Waals surface area contributed by atoms with Crippen molar-refractivity contribution >= 4 is 0 Å². The highest BCUT2D eigenvalue weighted by Gasteiger charge is 2.32. The van der Waals surface area contributed by atoms with Gasteiger partial charge in [0, 0.05) is 25.2 Å². The maximum absolute atomic E-state index is 3.52. The molecule has 2 nitrogen and oxygen atoms in total. The van der Waals surface area contributed by atoms with Crippen LogP contribution in [0.15, 0.2) is 0 Å². The highest BCUT2D eigenvalue weighted by Crippen LogP contribution is 2.29. The van der Waals surface area contributed by atoms with Crippen molar-refractivity contribution in [2.24, 2.45) is 5.92 Å². The van der Waals surface area contributed by atoms with Crippen LogP contribution in [0, 0.1) is 5.92 Å². The minimum absolute atomic E-state index is 0.791. The van der Waals surface area contributed by atoms with Crippen molar-refractivity contribution in [2.75, 3.05) is 19.6 Å². The third-order valence-electron chi connectivity index (χ3n) is 3.90. The molecule has 1 aliphatic heterocycles. The zero-order chi connectivity index (χ0) is 9.97. The van der Waals surface area contributed by atoms with Gasteiger partial charge in [0.25, 0.3) is 0 Å². The van der Waals surface area contributed by atoms with Crippen LogP contribution in [0.25, 0.3) is 0 Å². The van der Waals surface area contributed by atoms with Crippen LogP contribution >= 0.6 is 0 Å². The monoisotopic (exact) mass is 196 g/mol. The van der Waals surface area contributed by atoms with E-state index < -0.39 is 0 Å². The van der Waals surface area contributed by atoms with E-state index in [9.17, 15) is 0 Å². The van der Waals surface area contributed by atoms with Crippen LogP contribution in [-0.4, -0.2) is 36.6 Å². The first-order chi connectivity index (χ1) is 6.79. The van der Waals surface area contributed by atoms with Crippen molar-refractivity contribution in [3.8, 4) is 0 Å². The Labute approximate surface area is 88.1 Å². The molecule has 82 valence electrons. The quantitative estimate of drug-likeness (QED) is 0.741. The Morgan fingerprint density at radius 3 is 2.36 bits per heavy atom. The van der Waals surface area contributed by atoms with E-state index in [-0.39, 0.29) is 0 Å².